The van der Waals surface area contributed by atoms with Gasteiger partial charge in [0.15, 0.2) is 5.16 Å². The number of thioether (sulfide) groups is 1. The van der Waals surface area contributed by atoms with E-state index >= 15 is 0 Å². The summed E-state index contributed by atoms with van der Waals surface area (Å²) in [4.78, 5) is 12.6. The highest BCUT2D eigenvalue weighted by Crippen LogP contribution is 2.25. The highest BCUT2D eigenvalue weighted by molar-refractivity contribution is 7.98. The Morgan fingerprint density at radius 3 is 2.65 bits per heavy atom. The molecular weight excluding hydrogens is 344 g/mol. The first-order valence-electron chi connectivity index (χ1n) is 7.88. The van der Waals surface area contributed by atoms with Crippen LogP contribution >= 0.6 is 11.8 Å². The normalized spacial score (nSPS) is 10.4. The van der Waals surface area contributed by atoms with Gasteiger partial charge in [-0.25, -0.2) is 4.98 Å². The van der Waals surface area contributed by atoms with Gasteiger partial charge in [0.1, 0.15) is 0 Å². The van der Waals surface area contributed by atoms with Crippen LogP contribution in [-0.4, -0.2) is 25.0 Å². The number of rotatable bonds is 4. The molecule has 0 unspecified atom stereocenters. The highest BCUT2D eigenvalue weighted by atomic mass is 32.2. The van der Waals surface area contributed by atoms with Crippen molar-refractivity contribution in [2.24, 2.45) is 0 Å². The molecule has 136 valence electrons. The van der Waals surface area contributed by atoms with Gasteiger partial charge in [-0.1, -0.05) is 19.2 Å². The van der Waals surface area contributed by atoms with Crippen molar-refractivity contribution in [2.45, 2.75) is 32.2 Å². The second-order valence-electron chi connectivity index (χ2n) is 5.82. The van der Waals surface area contributed by atoms with Crippen LogP contribution in [0.1, 0.15) is 24.2 Å². The molecule has 0 aliphatic heterocycles. The van der Waals surface area contributed by atoms with E-state index in [1.54, 1.807) is 11.8 Å². The molecule has 3 heterocycles. The Balaban J connectivity index is 0.00000121. The van der Waals surface area contributed by atoms with Crippen LogP contribution in [-0.2, 0) is 5.75 Å². The standard InChI is InChI=1S/C19H18N4S.CH4.H2O/c1-13-7-8-20-18(14(13)2)12-24-19-21-16-6-5-15(11-17(16)22-19)23-9-3-4-10-23;;/h3-11H,12H2,1-2H3,(H,21,22);1H4;1H2. The summed E-state index contributed by atoms with van der Waals surface area (Å²) in [5.74, 6) is 0.817. The first kappa shape index (κ1) is 19.8. The van der Waals surface area contributed by atoms with E-state index in [2.05, 4.69) is 51.6 Å². The lowest BCUT2D eigenvalue weighted by molar-refractivity contribution is 0.824. The molecule has 3 N–H and O–H groups in total. The van der Waals surface area contributed by atoms with Crippen LogP contribution in [0.25, 0.3) is 16.7 Å². The van der Waals surface area contributed by atoms with Crippen LogP contribution in [0.3, 0.4) is 0 Å². The number of H-pyrrole nitrogens is 1. The summed E-state index contributed by atoms with van der Waals surface area (Å²) in [7, 11) is 0. The predicted octanol–water partition coefficient (Wildman–Crippen LogP) is 4.47. The van der Waals surface area contributed by atoms with Crippen LogP contribution in [0, 0.1) is 13.8 Å². The SMILES string of the molecule is C.Cc1ccnc(CSc2nc3ccc(-n4cccc4)cc3[nH]2)c1C.O. The van der Waals surface area contributed by atoms with Gasteiger partial charge in [0.2, 0.25) is 0 Å². The quantitative estimate of drug-likeness (QED) is 0.540. The molecular formula is C20H24N4OS. The molecule has 5 nitrogen and oxygen atoms in total. The Morgan fingerprint density at radius 1 is 1.12 bits per heavy atom. The Labute approximate surface area is 157 Å². The molecule has 26 heavy (non-hydrogen) atoms. The molecule has 0 amide bonds. The summed E-state index contributed by atoms with van der Waals surface area (Å²) in [5.41, 5.74) is 6.83. The van der Waals surface area contributed by atoms with E-state index in [0.717, 1.165) is 33.3 Å². The van der Waals surface area contributed by atoms with E-state index in [1.807, 2.05) is 36.8 Å². The lowest BCUT2D eigenvalue weighted by atomic mass is 10.1. The summed E-state index contributed by atoms with van der Waals surface area (Å²) in [6, 6.07) is 12.4. The number of nitrogens with zero attached hydrogens (tertiary/aromatic N) is 3. The van der Waals surface area contributed by atoms with Crippen molar-refractivity contribution in [1.29, 1.82) is 0 Å². The maximum Gasteiger partial charge on any atom is 0.166 e. The minimum Gasteiger partial charge on any atom is -0.412 e. The Bertz CT molecular complexity index is 992. The third-order valence-corrected chi connectivity index (χ3v) is 5.16. The number of hydrogen-bond acceptors (Lipinski definition) is 3. The molecule has 0 saturated heterocycles. The van der Waals surface area contributed by atoms with Crippen LogP contribution < -0.4 is 0 Å². The summed E-state index contributed by atoms with van der Waals surface area (Å²) >= 11 is 1.69. The van der Waals surface area contributed by atoms with E-state index < -0.39 is 0 Å². The van der Waals surface area contributed by atoms with Gasteiger partial charge in [-0.15, -0.1) is 0 Å². The van der Waals surface area contributed by atoms with Crippen molar-refractivity contribution >= 4 is 22.8 Å². The van der Waals surface area contributed by atoms with E-state index in [0.29, 0.717) is 0 Å². The molecule has 0 atom stereocenters. The summed E-state index contributed by atoms with van der Waals surface area (Å²) in [5, 5.41) is 0.928. The van der Waals surface area contributed by atoms with E-state index in [4.69, 9.17) is 0 Å². The third-order valence-electron chi connectivity index (χ3n) is 4.27. The fourth-order valence-electron chi connectivity index (χ4n) is 2.68. The second kappa shape index (κ2) is 8.21. The Kier molecular flexibility index (Phi) is 6.23. The number of aryl methyl sites for hydroxylation is 1. The van der Waals surface area contributed by atoms with Crippen molar-refractivity contribution in [3.63, 3.8) is 0 Å². The zero-order valence-electron chi connectivity index (χ0n) is 14.2. The average molecular weight is 369 g/mol. The van der Waals surface area contributed by atoms with Gasteiger partial charge in [0.25, 0.3) is 0 Å². The maximum absolute atomic E-state index is 4.67. The minimum atomic E-state index is 0. The molecule has 3 aromatic heterocycles. The molecule has 4 aromatic rings. The van der Waals surface area contributed by atoms with Crippen LogP contribution in [0.15, 0.2) is 60.1 Å². The predicted molar refractivity (Wildman–Crippen MR) is 109 cm³/mol. The van der Waals surface area contributed by atoms with Crippen molar-refractivity contribution in [3.8, 4) is 5.69 Å². The molecule has 0 spiro atoms. The third kappa shape index (κ3) is 3.81. The first-order chi connectivity index (χ1) is 11.7. The van der Waals surface area contributed by atoms with Gasteiger partial charge >= 0.3 is 0 Å². The Hall–Kier alpha value is -2.57. The van der Waals surface area contributed by atoms with E-state index in [1.165, 1.54) is 11.1 Å². The van der Waals surface area contributed by atoms with Crippen LogP contribution in [0.4, 0.5) is 0 Å². The monoisotopic (exact) mass is 368 g/mol. The smallest absolute Gasteiger partial charge is 0.166 e. The van der Waals surface area contributed by atoms with Crippen LogP contribution in [0.2, 0.25) is 0 Å². The van der Waals surface area contributed by atoms with Gasteiger partial charge in [0.05, 0.1) is 16.7 Å². The number of aromatic amines is 1. The number of fused-ring (bicyclic) bond motifs is 1. The summed E-state index contributed by atoms with van der Waals surface area (Å²) < 4.78 is 2.09. The van der Waals surface area contributed by atoms with Crippen molar-refractivity contribution in [2.75, 3.05) is 0 Å². The number of hydrogen-bond donors (Lipinski definition) is 1. The Morgan fingerprint density at radius 2 is 1.88 bits per heavy atom. The number of imidazole rings is 1. The summed E-state index contributed by atoms with van der Waals surface area (Å²) in [6.45, 7) is 4.25. The average Bonchev–Trinajstić information content (AvgIpc) is 3.24. The molecule has 0 aliphatic rings. The number of pyridine rings is 1. The fraction of sp³-hybridized carbons (Fsp3) is 0.200. The van der Waals surface area contributed by atoms with Gasteiger partial charge in [-0.3, -0.25) is 4.98 Å². The zero-order chi connectivity index (χ0) is 16.5. The lowest BCUT2D eigenvalue weighted by Gasteiger charge is -2.05. The lowest BCUT2D eigenvalue weighted by Crippen LogP contribution is -1.94. The van der Waals surface area contributed by atoms with Gasteiger partial charge in [-0.2, -0.15) is 0 Å². The largest absolute Gasteiger partial charge is 0.412 e. The zero-order valence-corrected chi connectivity index (χ0v) is 15.0. The molecule has 0 aliphatic carbocycles. The maximum atomic E-state index is 4.67. The minimum absolute atomic E-state index is 0. The van der Waals surface area contributed by atoms with E-state index in [9.17, 15) is 0 Å². The molecule has 4 rings (SSSR count). The van der Waals surface area contributed by atoms with Gasteiger partial charge in [-0.05, 0) is 61.4 Å². The molecule has 6 heteroatoms. The molecule has 1 aromatic carbocycles. The van der Waals surface area contributed by atoms with Crippen molar-refractivity contribution in [1.82, 2.24) is 19.5 Å². The highest BCUT2D eigenvalue weighted by Gasteiger charge is 2.08. The number of benzene rings is 1. The first-order valence-corrected chi connectivity index (χ1v) is 8.86. The molecule has 0 bridgehead atoms. The van der Waals surface area contributed by atoms with Crippen molar-refractivity contribution in [3.05, 3.63) is 71.8 Å². The van der Waals surface area contributed by atoms with Crippen molar-refractivity contribution < 1.29 is 5.48 Å². The second-order valence-corrected chi connectivity index (χ2v) is 6.79. The molecule has 0 radical (unpaired) electrons. The van der Waals surface area contributed by atoms with Crippen LogP contribution in [0.5, 0.6) is 0 Å². The van der Waals surface area contributed by atoms with Gasteiger partial charge < -0.3 is 15.0 Å². The molecule has 0 fully saturated rings. The molecule has 0 saturated carbocycles. The number of aromatic nitrogens is 4. The fourth-order valence-corrected chi connectivity index (χ4v) is 3.59. The van der Waals surface area contributed by atoms with Gasteiger partial charge in [0, 0.05) is 30.0 Å². The summed E-state index contributed by atoms with van der Waals surface area (Å²) in [6.07, 6.45) is 5.96. The topological polar surface area (TPSA) is 78.0 Å². The number of nitrogens with one attached hydrogen (secondary N) is 1. The van der Waals surface area contributed by atoms with E-state index in [-0.39, 0.29) is 12.9 Å².